The molecule has 1 aliphatic carbocycles. The van der Waals surface area contributed by atoms with Crippen molar-refractivity contribution in [3.05, 3.63) is 29.0 Å². The van der Waals surface area contributed by atoms with E-state index >= 15 is 0 Å². The van der Waals surface area contributed by atoms with Crippen molar-refractivity contribution in [2.45, 2.75) is 38.3 Å². The highest BCUT2D eigenvalue weighted by Crippen LogP contribution is 2.25. The van der Waals surface area contributed by atoms with Gasteiger partial charge in [0.25, 0.3) is 0 Å². The number of pyridine rings is 1. The van der Waals surface area contributed by atoms with Crippen LogP contribution in [0, 0.1) is 5.92 Å². The van der Waals surface area contributed by atoms with Crippen molar-refractivity contribution >= 4 is 17.6 Å². The topological polar surface area (TPSA) is 62.2 Å². The molecule has 0 amide bonds. The van der Waals surface area contributed by atoms with Gasteiger partial charge in [-0.15, -0.1) is 0 Å². The number of nitrogens with zero attached hydrogens (tertiary/aromatic N) is 1. The van der Waals surface area contributed by atoms with Crippen LogP contribution >= 0.6 is 11.6 Å². The van der Waals surface area contributed by atoms with Crippen LogP contribution in [0.25, 0.3) is 0 Å². The van der Waals surface area contributed by atoms with Crippen molar-refractivity contribution in [1.29, 1.82) is 0 Å². The molecule has 0 spiro atoms. The SMILES string of the molecule is O=C(O)C1CCCC(NCc2ccncc2Cl)C1. The Kier molecular flexibility index (Phi) is 4.55. The Bertz CT molecular complexity index is 425. The largest absolute Gasteiger partial charge is 0.481 e. The molecule has 0 radical (unpaired) electrons. The van der Waals surface area contributed by atoms with E-state index in [1.165, 1.54) is 0 Å². The molecule has 0 aromatic carbocycles. The Morgan fingerprint density at radius 2 is 2.39 bits per heavy atom. The molecule has 98 valence electrons. The van der Waals surface area contributed by atoms with Crippen molar-refractivity contribution in [2.75, 3.05) is 0 Å². The molecule has 2 unspecified atom stereocenters. The van der Waals surface area contributed by atoms with E-state index in [4.69, 9.17) is 16.7 Å². The van der Waals surface area contributed by atoms with E-state index in [-0.39, 0.29) is 12.0 Å². The number of aromatic nitrogens is 1. The first-order chi connectivity index (χ1) is 8.66. The standard InChI is InChI=1S/C13H17ClN2O2/c14-12-8-15-5-4-10(12)7-16-11-3-1-2-9(6-11)13(17)18/h4-5,8-9,11,16H,1-3,6-7H2,(H,17,18). The molecule has 1 aliphatic rings. The Labute approximate surface area is 111 Å². The average Bonchev–Trinajstić information content (AvgIpc) is 2.38. The Balaban J connectivity index is 1.87. The number of nitrogens with one attached hydrogen (secondary N) is 1. The van der Waals surface area contributed by atoms with E-state index in [1.54, 1.807) is 12.4 Å². The van der Waals surface area contributed by atoms with Gasteiger partial charge in [-0.25, -0.2) is 0 Å². The smallest absolute Gasteiger partial charge is 0.306 e. The van der Waals surface area contributed by atoms with Crippen LogP contribution in [0.3, 0.4) is 0 Å². The second-order valence-corrected chi connectivity index (χ2v) is 5.15. The van der Waals surface area contributed by atoms with E-state index in [9.17, 15) is 4.79 Å². The average molecular weight is 269 g/mol. The van der Waals surface area contributed by atoms with Gasteiger partial charge in [0.05, 0.1) is 10.9 Å². The number of rotatable bonds is 4. The second kappa shape index (κ2) is 6.16. The summed E-state index contributed by atoms with van der Waals surface area (Å²) in [6, 6.07) is 2.15. The van der Waals surface area contributed by atoms with Crippen LogP contribution in [0.1, 0.15) is 31.2 Å². The van der Waals surface area contributed by atoms with Gasteiger partial charge in [0.1, 0.15) is 0 Å². The molecule has 1 fully saturated rings. The van der Waals surface area contributed by atoms with Gasteiger partial charge in [0.2, 0.25) is 0 Å². The zero-order chi connectivity index (χ0) is 13.0. The molecule has 2 rings (SSSR count). The molecule has 0 saturated heterocycles. The number of hydrogen-bond acceptors (Lipinski definition) is 3. The Hall–Kier alpha value is -1.13. The predicted octanol–water partition coefficient (Wildman–Crippen LogP) is 2.47. The minimum atomic E-state index is -0.677. The summed E-state index contributed by atoms with van der Waals surface area (Å²) in [5.74, 6) is -0.882. The lowest BCUT2D eigenvalue weighted by Gasteiger charge is -2.27. The summed E-state index contributed by atoms with van der Waals surface area (Å²) in [6.45, 7) is 0.665. The zero-order valence-electron chi connectivity index (χ0n) is 10.1. The van der Waals surface area contributed by atoms with Gasteiger partial charge in [-0.05, 0) is 30.9 Å². The first-order valence-corrected chi connectivity index (χ1v) is 6.59. The Morgan fingerprint density at radius 1 is 1.56 bits per heavy atom. The van der Waals surface area contributed by atoms with E-state index in [2.05, 4.69) is 10.3 Å². The molecule has 5 heteroatoms. The number of hydrogen-bond donors (Lipinski definition) is 2. The molecule has 4 nitrogen and oxygen atoms in total. The highest BCUT2D eigenvalue weighted by Gasteiger charge is 2.26. The van der Waals surface area contributed by atoms with E-state index in [0.717, 1.165) is 24.8 Å². The number of carbonyl (C=O) groups is 1. The van der Waals surface area contributed by atoms with Gasteiger partial charge in [0.15, 0.2) is 0 Å². The summed E-state index contributed by atoms with van der Waals surface area (Å²) in [5.41, 5.74) is 1.00. The second-order valence-electron chi connectivity index (χ2n) is 4.75. The molecule has 0 aliphatic heterocycles. The van der Waals surface area contributed by atoms with Crippen LogP contribution in [-0.2, 0) is 11.3 Å². The lowest BCUT2D eigenvalue weighted by atomic mass is 9.86. The van der Waals surface area contributed by atoms with Gasteiger partial charge < -0.3 is 10.4 Å². The summed E-state index contributed by atoms with van der Waals surface area (Å²) >= 11 is 6.02. The lowest BCUT2D eigenvalue weighted by Crippen LogP contribution is -2.36. The van der Waals surface area contributed by atoms with Gasteiger partial charge >= 0.3 is 5.97 Å². The highest BCUT2D eigenvalue weighted by atomic mass is 35.5. The summed E-state index contributed by atoms with van der Waals surface area (Å²) in [5, 5.41) is 13.1. The quantitative estimate of drug-likeness (QED) is 0.881. The highest BCUT2D eigenvalue weighted by molar-refractivity contribution is 6.31. The van der Waals surface area contributed by atoms with Gasteiger partial charge in [-0.2, -0.15) is 0 Å². The van der Waals surface area contributed by atoms with Crippen molar-refractivity contribution in [2.24, 2.45) is 5.92 Å². The number of carboxylic acids is 1. The molecule has 1 heterocycles. The Morgan fingerprint density at radius 3 is 3.11 bits per heavy atom. The molecule has 0 bridgehead atoms. The van der Waals surface area contributed by atoms with Crippen LogP contribution in [0.5, 0.6) is 0 Å². The third-order valence-corrected chi connectivity index (χ3v) is 3.80. The first-order valence-electron chi connectivity index (χ1n) is 6.21. The monoisotopic (exact) mass is 268 g/mol. The third kappa shape index (κ3) is 3.43. The molecule has 1 aromatic heterocycles. The molecular formula is C13H17ClN2O2. The molecule has 2 atom stereocenters. The van der Waals surface area contributed by atoms with Gasteiger partial charge in [-0.1, -0.05) is 18.0 Å². The fourth-order valence-corrected chi connectivity index (χ4v) is 2.59. The van der Waals surface area contributed by atoms with E-state index in [0.29, 0.717) is 18.0 Å². The van der Waals surface area contributed by atoms with E-state index < -0.39 is 5.97 Å². The van der Waals surface area contributed by atoms with Crippen molar-refractivity contribution in [1.82, 2.24) is 10.3 Å². The molecule has 1 saturated carbocycles. The summed E-state index contributed by atoms with van der Waals surface area (Å²) in [6.07, 6.45) is 6.84. The van der Waals surface area contributed by atoms with Gasteiger partial charge in [0, 0.05) is 25.0 Å². The lowest BCUT2D eigenvalue weighted by molar-refractivity contribution is -0.143. The summed E-state index contributed by atoms with van der Waals surface area (Å²) in [7, 11) is 0. The predicted molar refractivity (Wildman–Crippen MR) is 69.5 cm³/mol. The molecule has 18 heavy (non-hydrogen) atoms. The van der Waals surface area contributed by atoms with Crippen LogP contribution in [0.2, 0.25) is 5.02 Å². The van der Waals surface area contributed by atoms with Crippen molar-refractivity contribution < 1.29 is 9.90 Å². The fraction of sp³-hybridized carbons (Fsp3) is 0.538. The molecule has 2 N–H and O–H groups in total. The maximum Gasteiger partial charge on any atom is 0.306 e. The molecule has 1 aromatic rings. The minimum Gasteiger partial charge on any atom is -0.481 e. The fourth-order valence-electron chi connectivity index (χ4n) is 2.40. The van der Waals surface area contributed by atoms with Gasteiger partial charge in [-0.3, -0.25) is 9.78 Å². The maximum atomic E-state index is 11.0. The normalized spacial score (nSPS) is 23.8. The maximum absolute atomic E-state index is 11.0. The van der Waals surface area contributed by atoms with E-state index in [1.807, 2.05) is 6.07 Å². The van der Waals surface area contributed by atoms with Crippen molar-refractivity contribution in [3.63, 3.8) is 0 Å². The number of aliphatic carboxylic acids is 1. The zero-order valence-corrected chi connectivity index (χ0v) is 10.9. The number of halogens is 1. The first kappa shape index (κ1) is 13.3. The van der Waals surface area contributed by atoms with Crippen LogP contribution in [0.4, 0.5) is 0 Å². The van der Waals surface area contributed by atoms with Crippen LogP contribution < -0.4 is 5.32 Å². The van der Waals surface area contributed by atoms with Crippen LogP contribution in [0.15, 0.2) is 18.5 Å². The number of carboxylic acid groups (broad SMARTS) is 1. The molecular weight excluding hydrogens is 252 g/mol. The van der Waals surface area contributed by atoms with Crippen molar-refractivity contribution in [3.8, 4) is 0 Å². The summed E-state index contributed by atoms with van der Waals surface area (Å²) in [4.78, 5) is 14.9. The van der Waals surface area contributed by atoms with Crippen LogP contribution in [-0.4, -0.2) is 22.1 Å². The summed E-state index contributed by atoms with van der Waals surface area (Å²) < 4.78 is 0. The third-order valence-electron chi connectivity index (χ3n) is 3.46. The minimum absolute atomic E-state index is 0.204.